The molecule has 0 spiro atoms. The fourth-order valence-corrected chi connectivity index (χ4v) is 4.94. The molecule has 9 heteroatoms. The van der Waals surface area contributed by atoms with Gasteiger partial charge in [-0.15, -0.1) is 0 Å². The number of benzene rings is 2. The van der Waals surface area contributed by atoms with E-state index in [1.807, 2.05) is 19.1 Å². The number of nitrogens with zero attached hydrogens (tertiary/aromatic N) is 1. The molecule has 0 saturated carbocycles. The van der Waals surface area contributed by atoms with Crippen LogP contribution in [0.1, 0.15) is 19.8 Å². The molecule has 2 aromatic carbocycles. The number of ether oxygens (including phenoxy) is 2. The minimum absolute atomic E-state index is 0.0266. The zero-order valence-electron chi connectivity index (χ0n) is 17.4. The molecular formula is C22H27FN2O5S. The lowest BCUT2D eigenvalue weighted by Gasteiger charge is -2.31. The lowest BCUT2D eigenvalue weighted by atomic mass is 9.99. The van der Waals surface area contributed by atoms with Gasteiger partial charge >= 0.3 is 0 Å². The van der Waals surface area contributed by atoms with E-state index in [1.165, 1.54) is 16.4 Å². The first-order valence-electron chi connectivity index (χ1n) is 10.3. The third-order valence-electron chi connectivity index (χ3n) is 5.01. The summed E-state index contributed by atoms with van der Waals surface area (Å²) in [7, 11) is -3.76. The molecule has 1 aliphatic heterocycles. The lowest BCUT2D eigenvalue weighted by Crippen LogP contribution is -2.45. The number of sulfonamides is 1. The number of piperidine rings is 1. The molecule has 1 amide bonds. The van der Waals surface area contributed by atoms with E-state index in [1.54, 1.807) is 12.1 Å². The number of nitrogens with one attached hydrogen (secondary N) is 1. The average molecular weight is 451 g/mol. The Kier molecular flexibility index (Phi) is 7.86. The van der Waals surface area contributed by atoms with Crippen LogP contribution in [-0.2, 0) is 14.8 Å². The van der Waals surface area contributed by atoms with E-state index in [2.05, 4.69) is 5.32 Å². The van der Waals surface area contributed by atoms with E-state index in [-0.39, 0.29) is 17.3 Å². The Morgan fingerprint density at radius 1 is 1.10 bits per heavy atom. The molecule has 31 heavy (non-hydrogen) atoms. The molecule has 1 heterocycles. The van der Waals surface area contributed by atoms with Crippen molar-refractivity contribution >= 4 is 15.9 Å². The molecule has 1 aliphatic rings. The van der Waals surface area contributed by atoms with Crippen LogP contribution in [-0.4, -0.2) is 51.5 Å². The molecule has 0 bridgehead atoms. The summed E-state index contributed by atoms with van der Waals surface area (Å²) in [6.45, 7) is 3.56. The van der Waals surface area contributed by atoms with Gasteiger partial charge in [0.2, 0.25) is 15.9 Å². The van der Waals surface area contributed by atoms with E-state index in [4.69, 9.17) is 9.47 Å². The van der Waals surface area contributed by atoms with Gasteiger partial charge in [-0.25, -0.2) is 12.8 Å². The monoisotopic (exact) mass is 450 g/mol. The Balaban J connectivity index is 1.47. The highest BCUT2D eigenvalue weighted by molar-refractivity contribution is 7.89. The molecule has 1 N–H and O–H groups in total. The second-order valence-corrected chi connectivity index (χ2v) is 9.14. The zero-order valence-corrected chi connectivity index (χ0v) is 18.2. The number of carbonyl (C=O) groups is 1. The average Bonchev–Trinajstić information content (AvgIpc) is 2.78. The van der Waals surface area contributed by atoms with Crippen LogP contribution in [0, 0.1) is 11.7 Å². The van der Waals surface area contributed by atoms with E-state index < -0.39 is 21.8 Å². The highest BCUT2D eigenvalue weighted by atomic mass is 32.2. The van der Waals surface area contributed by atoms with Crippen LogP contribution in [0.25, 0.3) is 0 Å². The topological polar surface area (TPSA) is 84.9 Å². The van der Waals surface area contributed by atoms with Gasteiger partial charge < -0.3 is 14.8 Å². The number of halogens is 1. The predicted molar refractivity (Wildman–Crippen MR) is 114 cm³/mol. The molecule has 0 radical (unpaired) electrons. The van der Waals surface area contributed by atoms with Crippen LogP contribution in [0.15, 0.2) is 53.4 Å². The van der Waals surface area contributed by atoms with Gasteiger partial charge in [-0.05, 0) is 68.3 Å². The molecule has 3 rings (SSSR count). The van der Waals surface area contributed by atoms with Crippen molar-refractivity contribution in [1.29, 1.82) is 0 Å². The Morgan fingerprint density at radius 2 is 1.74 bits per heavy atom. The van der Waals surface area contributed by atoms with Crippen LogP contribution in [0.5, 0.6) is 11.5 Å². The van der Waals surface area contributed by atoms with Gasteiger partial charge in [-0.3, -0.25) is 4.79 Å². The van der Waals surface area contributed by atoms with Gasteiger partial charge in [0.05, 0.1) is 24.0 Å². The maximum Gasteiger partial charge on any atom is 0.243 e. The highest BCUT2D eigenvalue weighted by Crippen LogP contribution is 2.24. The molecule has 168 valence electrons. The lowest BCUT2D eigenvalue weighted by molar-refractivity contribution is -0.126. The quantitative estimate of drug-likeness (QED) is 0.594. The Labute approximate surface area is 182 Å². The summed E-state index contributed by atoms with van der Waals surface area (Å²) in [6, 6.07) is 11.9. The fraction of sp³-hybridized carbons (Fsp3) is 0.409. The summed E-state index contributed by atoms with van der Waals surface area (Å²) >= 11 is 0. The maximum atomic E-state index is 13.1. The molecule has 1 fully saturated rings. The smallest absolute Gasteiger partial charge is 0.243 e. The summed E-state index contributed by atoms with van der Waals surface area (Å²) in [4.78, 5) is 12.6. The number of rotatable bonds is 9. The van der Waals surface area contributed by atoms with Crippen molar-refractivity contribution in [2.45, 2.75) is 24.7 Å². The standard InChI is InChI=1S/C22H27FN2O5S/c1-2-29-19-7-9-20(10-8-19)30-15-13-24-22(26)17-4-3-14-25(16-17)31(27,28)21-11-5-18(23)6-12-21/h5-12,17H,2-4,13-16H2,1H3,(H,24,26)/t17-/m1/s1. The SMILES string of the molecule is CCOc1ccc(OCCNC(=O)[C@@H]2CCCN(S(=O)(=O)c3ccc(F)cc3)C2)cc1. The summed E-state index contributed by atoms with van der Waals surface area (Å²) in [5.41, 5.74) is 0. The first-order valence-corrected chi connectivity index (χ1v) is 11.7. The van der Waals surface area contributed by atoms with Crippen LogP contribution in [0.4, 0.5) is 4.39 Å². The second kappa shape index (κ2) is 10.6. The molecular weight excluding hydrogens is 423 g/mol. The van der Waals surface area contributed by atoms with Crippen molar-refractivity contribution in [1.82, 2.24) is 9.62 Å². The first-order chi connectivity index (χ1) is 14.9. The normalized spacial score (nSPS) is 17.2. The summed E-state index contributed by atoms with van der Waals surface area (Å²) in [5, 5.41) is 2.81. The van der Waals surface area contributed by atoms with Crippen LogP contribution < -0.4 is 14.8 Å². The third-order valence-corrected chi connectivity index (χ3v) is 6.89. The van der Waals surface area contributed by atoms with Gasteiger partial charge in [0.15, 0.2) is 0 Å². The van der Waals surface area contributed by atoms with E-state index in [0.29, 0.717) is 44.9 Å². The number of carbonyl (C=O) groups excluding carboxylic acids is 1. The molecule has 0 aromatic heterocycles. The molecule has 2 aromatic rings. The Hall–Kier alpha value is -2.65. The van der Waals surface area contributed by atoms with E-state index >= 15 is 0 Å². The van der Waals surface area contributed by atoms with Crippen molar-refractivity contribution in [2.75, 3.05) is 32.8 Å². The van der Waals surface area contributed by atoms with Gasteiger partial charge in [0, 0.05) is 13.1 Å². The summed E-state index contributed by atoms with van der Waals surface area (Å²) < 4.78 is 51.0. The number of amides is 1. The maximum absolute atomic E-state index is 13.1. The first kappa shape index (κ1) is 23.0. The molecule has 0 unspecified atom stereocenters. The van der Waals surface area contributed by atoms with E-state index in [0.717, 1.165) is 17.9 Å². The summed E-state index contributed by atoms with van der Waals surface area (Å²) in [5.74, 6) is 0.304. The number of hydrogen-bond donors (Lipinski definition) is 1. The largest absolute Gasteiger partial charge is 0.494 e. The minimum atomic E-state index is -3.76. The van der Waals surface area contributed by atoms with Gasteiger partial charge in [0.25, 0.3) is 0 Å². The van der Waals surface area contributed by atoms with Crippen LogP contribution in [0.2, 0.25) is 0 Å². The van der Waals surface area contributed by atoms with Crippen LogP contribution >= 0.6 is 0 Å². The van der Waals surface area contributed by atoms with E-state index in [9.17, 15) is 17.6 Å². The predicted octanol–water partition coefficient (Wildman–Crippen LogP) is 2.82. The molecule has 7 nitrogen and oxygen atoms in total. The molecule has 1 saturated heterocycles. The molecule has 1 atom stereocenters. The minimum Gasteiger partial charge on any atom is -0.494 e. The van der Waals surface area contributed by atoms with Gasteiger partial charge in [-0.1, -0.05) is 0 Å². The molecule has 0 aliphatic carbocycles. The zero-order chi connectivity index (χ0) is 22.3. The number of hydrogen-bond acceptors (Lipinski definition) is 5. The Morgan fingerprint density at radius 3 is 2.39 bits per heavy atom. The highest BCUT2D eigenvalue weighted by Gasteiger charge is 2.33. The Bertz CT molecular complexity index is 964. The van der Waals surface area contributed by atoms with Crippen molar-refractivity contribution in [3.63, 3.8) is 0 Å². The van der Waals surface area contributed by atoms with Gasteiger partial charge in [-0.2, -0.15) is 4.31 Å². The van der Waals surface area contributed by atoms with Crippen molar-refractivity contribution in [3.05, 3.63) is 54.3 Å². The summed E-state index contributed by atoms with van der Waals surface area (Å²) in [6.07, 6.45) is 1.20. The van der Waals surface area contributed by atoms with Gasteiger partial charge in [0.1, 0.15) is 23.9 Å². The van der Waals surface area contributed by atoms with Crippen molar-refractivity contribution < 1.29 is 27.1 Å². The van der Waals surface area contributed by atoms with Crippen molar-refractivity contribution in [3.8, 4) is 11.5 Å². The third kappa shape index (κ3) is 6.18. The fourth-order valence-electron chi connectivity index (χ4n) is 3.42. The van der Waals surface area contributed by atoms with Crippen LogP contribution in [0.3, 0.4) is 0 Å². The van der Waals surface area contributed by atoms with Crippen molar-refractivity contribution in [2.24, 2.45) is 5.92 Å². The second-order valence-electron chi connectivity index (χ2n) is 7.20.